The molecule has 1 fully saturated rings. The molecule has 11 heteroatoms. The van der Waals surface area contributed by atoms with E-state index in [-0.39, 0.29) is 6.42 Å². The molecule has 1 heterocycles. The maximum absolute atomic E-state index is 13.1. The average Bonchev–Trinajstić information content (AvgIpc) is 3.29. The molecule has 11 nitrogen and oxygen atoms in total. The lowest BCUT2D eigenvalue weighted by molar-refractivity contribution is -0.303. The van der Waals surface area contributed by atoms with E-state index < -0.39 is 74.2 Å². The molecule has 0 radical (unpaired) electrons. The number of hydrogen-bond donors (Lipinski definition) is 8. The second kappa shape index (κ2) is 43.4. The normalized spacial score (nSPS) is 20.9. The molecule has 64 heavy (non-hydrogen) atoms. The standard InChI is InChI=1S/C53H105NO10/c1-3-5-7-9-11-13-15-17-19-20-21-22-23-24-25-27-29-31-33-35-37-39-41-46(57)52(62)54-44(43-63-53-51(61)50(60)49(59)47(42-55)64-53)48(58)45(56)40-38-36-34-32-30-28-26-18-16-14-12-10-8-6-4-2/h44-51,53,55-61H,3-43H2,1-2H3,(H,54,62)/t44-,45+,46+,47+,48-,49+,50-,51+,53+/m0/s1. The van der Waals surface area contributed by atoms with Crippen molar-refractivity contribution in [2.75, 3.05) is 13.2 Å². The molecule has 1 aliphatic rings. The quantitative estimate of drug-likeness (QED) is 0.0273. The minimum absolute atomic E-state index is 0.267. The van der Waals surface area contributed by atoms with Gasteiger partial charge in [-0.3, -0.25) is 4.79 Å². The van der Waals surface area contributed by atoms with Gasteiger partial charge in [-0.15, -0.1) is 0 Å². The lowest BCUT2D eigenvalue weighted by Crippen LogP contribution is -2.60. The maximum atomic E-state index is 13.1. The minimum Gasteiger partial charge on any atom is -0.394 e. The first-order chi connectivity index (χ1) is 31.2. The van der Waals surface area contributed by atoms with Crippen LogP contribution in [0.25, 0.3) is 0 Å². The van der Waals surface area contributed by atoms with Gasteiger partial charge < -0.3 is 50.5 Å². The first-order valence-corrected chi connectivity index (χ1v) is 27.4. The van der Waals surface area contributed by atoms with Gasteiger partial charge in [0.1, 0.15) is 36.6 Å². The first kappa shape index (κ1) is 61.1. The Morgan fingerprint density at radius 3 is 1.16 bits per heavy atom. The molecule has 9 atom stereocenters. The molecule has 1 aliphatic heterocycles. The Kier molecular flexibility index (Phi) is 41.4. The van der Waals surface area contributed by atoms with Gasteiger partial charge in [-0.2, -0.15) is 0 Å². The third kappa shape index (κ3) is 32.0. The molecule has 1 amide bonds. The smallest absolute Gasteiger partial charge is 0.249 e. The Hall–Kier alpha value is -0.890. The Balaban J connectivity index is 2.32. The molecule has 0 bridgehead atoms. The van der Waals surface area contributed by atoms with Crippen LogP contribution < -0.4 is 5.32 Å². The Morgan fingerprint density at radius 1 is 0.484 bits per heavy atom. The molecule has 0 saturated carbocycles. The van der Waals surface area contributed by atoms with Crippen molar-refractivity contribution >= 4 is 5.91 Å². The van der Waals surface area contributed by atoms with Crippen LogP contribution in [0.3, 0.4) is 0 Å². The highest BCUT2D eigenvalue weighted by atomic mass is 16.7. The van der Waals surface area contributed by atoms with Crippen molar-refractivity contribution in [3.8, 4) is 0 Å². The summed E-state index contributed by atoms with van der Waals surface area (Å²) in [5, 5.41) is 76.0. The molecular weight excluding hydrogens is 811 g/mol. The summed E-state index contributed by atoms with van der Waals surface area (Å²) in [6, 6.07) is -1.16. The third-order valence-electron chi connectivity index (χ3n) is 13.7. The number of hydrogen-bond acceptors (Lipinski definition) is 10. The second-order valence-electron chi connectivity index (χ2n) is 19.7. The van der Waals surface area contributed by atoms with E-state index in [1.165, 1.54) is 186 Å². The molecule has 382 valence electrons. The predicted octanol–water partition coefficient (Wildman–Crippen LogP) is 10.6. The van der Waals surface area contributed by atoms with E-state index in [1.807, 2.05) is 0 Å². The number of amides is 1. The summed E-state index contributed by atoms with van der Waals surface area (Å²) >= 11 is 0. The van der Waals surface area contributed by atoms with Gasteiger partial charge in [0.25, 0.3) is 0 Å². The zero-order valence-corrected chi connectivity index (χ0v) is 41.5. The number of carbonyl (C=O) groups is 1. The van der Waals surface area contributed by atoms with Gasteiger partial charge in [-0.25, -0.2) is 0 Å². The number of nitrogens with one attached hydrogen (secondary N) is 1. The summed E-state index contributed by atoms with van der Waals surface area (Å²) in [6.45, 7) is 3.48. The van der Waals surface area contributed by atoms with Gasteiger partial charge in [0.15, 0.2) is 6.29 Å². The largest absolute Gasteiger partial charge is 0.394 e. The van der Waals surface area contributed by atoms with Crippen molar-refractivity contribution in [2.24, 2.45) is 0 Å². The SMILES string of the molecule is CCCCCCCCCCCCCCCCCCCCCCCC[C@@H](O)C(=O)N[C@@H](CO[C@@H]1O[C@H](CO)[C@@H](O)[C@H](O)[C@H]1O)[C@H](O)[C@H](O)CCCCCCCCCCCCCCCCC. The summed E-state index contributed by atoms with van der Waals surface area (Å²) in [5.74, 6) is -0.691. The Bertz CT molecular complexity index is 1010. The van der Waals surface area contributed by atoms with E-state index in [2.05, 4.69) is 19.2 Å². The van der Waals surface area contributed by atoms with Crippen molar-refractivity contribution in [1.82, 2.24) is 5.32 Å². The molecule has 1 saturated heterocycles. The van der Waals surface area contributed by atoms with Crippen molar-refractivity contribution < 1.29 is 50.0 Å². The lowest BCUT2D eigenvalue weighted by atomic mass is 9.98. The minimum atomic E-state index is -1.66. The second-order valence-corrected chi connectivity index (χ2v) is 19.7. The predicted molar refractivity (Wildman–Crippen MR) is 261 cm³/mol. The van der Waals surface area contributed by atoms with Crippen LogP contribution in [0.1, 0.15) is 264 Å². The Labute approximate surface area is 392 Å². The number of carbonyl (C=O) groups excluding carboxylic acids is 1. The number of ether oxygens (including phenoxy) is 2. The van der Waals surface area contributed by atoms with E-state index in [0.717, 1.165) is 38.5 Å². The van der Waals surface area contributed by atoms with Crippen LogP contribution in [0, 0.1) is 0 Å². The fraction of sp³-hybridized carbons (Fsp3) is 0.981. The van der Waals surface area contributed by atoms with Gasteiger partial charge in [0.2, 0.25) is 5.91 Å². The van der Waals surface area contributed by atoms with Crippen LogP contribution in [0.15, 0.2) is 0 Å². The molecule has 8 N–H and O–H groups in total. The maximum Gasteiger partial charge on any atom is 0.249 e. The van der Waals surface area contributed by atoms with Gasteiger partial charge in [-0.05, 0) is 12.8 Å². The Morgan fingerprint density at radius 2 is 0.812 bits per heavy atom. The van der Waals surface area contributed by atoms with Crippen molar-refractivity contribution in [2.45, 2.75) is 319 Å². The van der Waals surface area contributed by atoms with E-state index in [9.17, 15) is 40.5 Å². The summed E-state index contributed by atoms with van der Waals surface area (Å²) in [6.07, 6.45) is 35.8. The highest BCUT2D eigenvalue weighted by Crippen LogP contribution is 2.23. The van der Waals surface area contributed by atoms with Crippen LogP contribution in [0.5, 0.6) is 0 Å². The van der Waals surface area contributed by atoms with Crippen LogP contribution in [0.4, 0.5) is 0 Å². The third-order valence-corrected chi connectivity index (χ3v) is 13.7. The van der Waals surface area contributed by atoms with E-state index >= 15 is 0 Å². The average molecular weight is 916 g/mol. The molecule has 0 aliphatic carbocycles. The summed E-state index contributed by atoms with van der Waals surface area (Å²) in [4.78, 5) is 13.1. The summed E-state index contributed by atoms with van der Waals surface area (Å²) < 4.78 is 11.1. The van der Waals surface area contributed by atoms with Crippen LogP contribution >= 0.6 is 0 Å². The van der Waals surface area contributed by atoms with Crippen LogP contribution in [0.2, 0.25) is 0 Å². The summed E-state index contributed by atoms with van der Waals surface area (Å²) in [7, 11) is 0. The zero-order chi connectivity index (χ0) is 46.9. The number of rotatable bonds is 47. The molecule has 0 aromatic carbocycles. The summed E-state index contributed by atoms with van der Waals surface area (Å²) in [5.41, 5.74) is 0. The van der Waals surface area contributed by atoms with Crippen molar-refractivity contribution in [3.05, 3.63) is 0 Å². The van der Waals surface area contributed by atoms with E-state index in [0.29, 0.717) is 19.3 Å². The fourth-order valence-electron chi connectivity index (χ4n) is 9.15. The van der Waals surface area contributed by atoms with Gasteiger partial charge >= 0.3 is 0 Å². The lowest BCUT2D eigenvalue weighted by Gasteiger charge is -2.40. The molecule has 0 aromatic rings. The monoisotopic (exact) mass is 916 g/mol. The molecule has 0 unspecified atom stereocenters. The van der Waals surface area contributed by atoms with E-state index in [1.54, 1.807) is 0 Å². The van der Waals surface area contributed by atoms with E-state index in [4.69, 9.17) is 9.47 Å². The van der Waals surface area contributed by atoms with Gasteiger partial charge in [-0.1, -0.05) is 251 Å². The fourth-order valence-corrected chi connectivity index (χ4v) is 9.15. The molecule has 0 aromatic heterocycles. The molecule has 1 rings (SSSR count). The van der Waals surface area contributed by atoms with Crippen molar-refractivity contribution in [3.63, 3.8) is 0 Å². The molecule has 0 spiro atoms. The zero-order valence-electron chi connectivity index (χ0n) is 41.5. The van der Waals surface area contributed by atoms with Gasteiger partial charge in [0.05, 0.1) is 25.4 Å². The van der Waals surface area contributed by atoms with Gasteiger partial charge in [0, 0.05) is 0 Å². The number of aliphatic hydroxyl groups excluding tert-OH is 7. The topological polar surface area (TPSA) is 189 Å². The van der Waals surface area contributed by atoms with Crippen LogP contribution in [-0.4, -0.2) is 110 Å². The number of aliphatic hydroxyl groups is 7. The highest BCUT2D eigenvalue weighted by Gasteiger charge is 2.44. The highest BCUT2D eigenvalue weighted by molar-refractivity contribution is 5.80. The van der Waals surface area contributed by atoms with Crippen molar-refractivity contribution in [1.29, 1.82) is 0 Å². The molecular formula is C53H105NO10. The number of unbranched alkanes of at least 4 members (excludes halogenated alkanes) is 35. The first-order valence-electron chi connectivity index (χ1n) is 27.4. The van der Waals surface area contributed by atoms with Crippen LogP contribution in [-0.2, 0) is 14.3 Å².